The quantitative estimate of drug-likeness (QED) is 0.675. The summed E-state index contributed by atoms with van der Waals surface area (Å²) < 4.78 is 0.702. The summed E-state index contributed by atoms with van der Waals surface area (Å²) in [6.07, 6.45) is 0.0440. The number of nitrogens with zero attached hydrogens (tertiary/aromatic N) is 1. The second-order valence-electron chi connectivity index (χ2n) is 2.92. The lowest BCUT2D eigenvalue weighted by Crippen LogP contribution is -2.00. The van der Waals surface area contributed by atoms with Crippen LogP contribution in [0.25, 0.3) is 0 Å². The topological polar surface area (TPSA) is 80.4 Å². The smallest absolute Gasteiger partial charge is 0.303 e. The zero-order chi connectivity index (χ0) is 11.4. The highest BCUT2D eigenvalue weighted by Gasteiger charge is 2.14. The van der Waals surface area contributed by atoms with Gasteiger partial charge in [-0.25, -0.2) is 0 Å². The minimum atomic E-state index is -0.968. The first-order chi connectivity index (χ1) is 7.00. The molecule has 0 unspecified atom stereocenters. The molecule has 0 saturated heterocycles. The summed E-state index contributed by atoms with van der Waals surface area (Å²) in [7, 11) is 0. The number of nitro benzene ring substituents is 1. The number of carbonyl (C=O) groups is 1. The van der Waals surface area contributed by atoms with Crippen molar-refractivity contribution in [2.24, 2.45) is 0 Å². The number of rotatable bonds is 4. The van der Waals surface area contributed by atoms with Gasteiger partial charge < -0.3 is 5.11 Å². The molecule has 5 nitrogen and oxygen atoms in total. The molecule has 0 heterocycles. The molecule has 0 aliphatic carbocycles. The molecule has 0 radical (unpaired) electrons. The molecule has 1 aromatic carbocycles. The van der Waals surface area contributed by atoms with E-state index in [0.29, 0.717) is 10.0 Å². The Kier molecular flexibility index (Phi) is 3.79. The van der Waals surface area contributed by atoms with E-state index in [-0.39, 0.29) is 18.5 Å². The molecule has 1 N–H and O–H groups in total. The summed E-state index contributed by atoms with van der Waals surface area (Å²) in [5.74, 6) is -0.968. The zero-order valence-corrected chi connectivity index (χ0v) is 9.23. The standard InChI is InChI=1S/C9H8BrNO4/c10-7-2-3-8(11(14)15)6(5-7)1-4-9(12)13/h2-3,5H,1,4H2,(H,12,13). The van der Waals surface area contributed by atoms with Crippen molar-refractivity contribution in [1.29, 1.82) is 0 Å². The molecule has 1 aromatic rings. The second-order valence-corrected chi connectivity index (χ2v) is 3.84. The maximum Gasteiger partial charge on any atom is 0.303 e. The first-order valence-electron chi connectivity index (χ1n) is 4.15. The molecule has 0 aromatic heterocycles. The van der Waals surface area contributed by atoms with Crippen LogP contribution in [0.4, 0.5) is 5.69 Å². The molecule has 0 fully saturated rings. The van der Waals surface area contributed by atoms with Gasteiger partial charge in [0.05, 0.1) is 4.92 Å². The van der Waals surface area contributed by atoms with Gasteiger partial charge in [-0.05, 0) is 18.6 Å². The Morgan fingerprint density at radius 2 is 2.20 bits per heavy atom. The molecule has 0 bridgehead atoms. The largest absolute Gasteiger partial charge is 0.481 e. The molecule has 0 atom stereocenters. The van der Waals surface area contributed by atoms with Gasteiger partial charge in [-0.15, -0.1) is 0 Å². The van der Waals surface area contributed by atoms with Gasteiger partial charge in [-0.1, -0.05) is 15.9 Å². The van der Waals surface area contributed by atoms with Crippen molar-refractivity contribution in [3.05, 3.63) is 38.3 Å². The molecular formula is C9H8BrNO4. The van der Waals surface area contributed by atoms with Crippen LogP contribution in [0.5, 0.6) is 0 Å². The third-order valence-electron chi connectivity index (χ3n) is 1.85. The minimum absolute atomic E-state index is 0.0422. The van der Waals surface area contributed by atoms with Crippen molar-refractivity contribution in [2.75, 3.05) is 0 Å². The van der Waals surface area contributed by atoms with Crippen molar-refractivity contribution in [3.63, 3.8) is 0 Å². The molecule has 15 heavy (non-hydrogen) atoms. The molecule has 1 rings (SSSR count). The third kappa shape index (κ3) is 3.32. The van der Waals surface area contributed by atoms with Crippen molar-refractivity contribution >= 4 is 27.6 Å². The van der Waals surface area contributed by atoms with Gasteiger partial charge in [0.2, 0.25) is 0 Å². The maximum atomic E-state index is 10.6. The van der Waals surface area contributed by atoms with Gasteiger partial charge in [0.15, 0.2) is 0 Å². The van der Waals surface area contributed by atoms with Gasteiger partial charge in [0.1, 0.15) is 0 Å². The van der Waals surface area contributed by atoms with Crippen LogP contribution in [0, 0.1) is 10.1 Å². The first kappa shape index (κ1) is 11.6. The van der Waals surface area contributed by atoms with Crippen molar-refractivity contribution in [2.45, 2.75) is 12.8 Å². The Balaban J connectivity index is 2.96. The van der Waals surface area contributed by atoms with Gasteiger partial charge in [0, 0.05) is 22.5 Å². The summed E-state index contributed by atoms with van der Waals surface area (Å²) in [6, 6.07) is 4.49. The Morgan fingerprint density at radius 1 is 1.53 bits per heavy atom. The lowest BCUT2D eigenvalue weighted by molar-refractivity contribution is -0.385. The van der Waals surface area contributed by atoms with E-state index < -0.39 is 10.9 Å². The van der Waals surface area contributed by atoms with Crippen molar-refractivity contribution < 1.29 is 14.8 Å². The fraction of sp³-hybridized carbons (Fsp3) is 0.222. The van der Waals surface area contributed by atoms with E-state index in [1.807, 2.05) is 0 Å². The molecule has 0 spiro atoms. The number of hydrogen-bond donors (Lipinski definition) is 1. The fourth-order valence-electron chi connectivity index (χ4n) is 1.17. The number of halogens is 1. The number of aryl methyl sites for hydroxylation is 1. The van der Waals surface area contributed by atoms with E-state index in [0.717, 1.165) is 0 Å². The van der Waals surface area contributed by atoms with Gasteiger partial charge in [-0.3, -0.25) is 14.9 Å². The van der Waals surface area contributed by atoms with E-state index in [4.69, 9.17) is 5.11 Å². The second kappa shape index (κ2) is 4.88. The predicted molar refractivity (Wildman–Crippen MR) is 56.8 cm³/mol. The van der Waals surface area contributed by atoms with E-state index >= 15 is 0 Å². The summed E-state index contributed by atoms with van der Waals surface area (Å²) in [4.78, 5) is 20.5. The van der Waals surface area contributed by atoms with E-state index in [1.165, 1.54) is 6.07 Å². The summed E-state index contributed by atoms with van der Waals surface area (Å²) in [5.41, 5.74) is 0.385. The molecule has 0 aliphatic rings. The lowest BCUT2D eigenvalue weighted by Gasteiger charge is -2.01. The number of hydrogen-bond acceptors (Lipinski definition) is 3. The summed E-state index contributed by atoms with van der Waals surface area (Å²) in [5, 5.41) is 19.1. The Morgan fingerprint density at radius 3 is 2.73 bits per heavy atom. The fourth-order valence-corrected chi connectivity index (χ4v) is 1.58. The number of carboxylic acid groups (broad SMARTS) is 1. The summed E-state index contributed by atoms with van der Waals surface area (Å²) in [6.45, 7) is 0. The van der Waals surface area contributed by atoms with Gasteiger partial charge >= 0.3 is 5.97 Å². The van der Waals surface area contributed by atoms with E-state index in [9.17, 15) is 14.9 Å². The number of carboxylic acids is 1. The predicted octanol–water partition coefficient (Wildman–Crippen LogP) is 2.37. The van der Waals surface area contributed by atoms with Crippen LogP contribution in [-0.4, -0.2) is 16.0 Å². The molecule has 0 saturated carbocycles. The number of benzene rings is 1. The molecular weight excluding hydrogens is 266 g/mol. The molecule has 80 valence electrons. The normalized spacial score (nSPS) is 9.93. The lowest BCUT2D eigenvalue weighted by atomic mass is 10.1. The third-order valence-corrected chi connectivity index (χ3v) is 2.34. The van der Waals surface area contributed by atoms with Crippen LogP contribution in [0.1, 0.15) is 12.0 Å². The van der Waals surface area contributed by atoms with Gasteiger partial charge in [-0.2, -0.15) is 0 Å². The van der Waals surface area contributed by atoms with E-state index in [2.05, 4.69) is 15.9 Å². The monoisotopic (exact) mass is 273 g/mol. The molecule has 6 heteroatoms. The Bertz CT molecular complexity index is 405. The zero-order valence-electron chi connectivity index (χ0n) is 7.64. The highest BCUT2D eigenvalue weighted by atomic mass is 79.9. The van der Waals surface area contributed by atoms with Crippen LogP contribution in [0.15, 0.2) is 22.7 Å². The van der Waals surface area contributed by atoms with Crippen LogP contribution in [-0.2, 0) is 11.2 Å². The average molecular weight is 274 g/mol. The number of aliphatic carboxylic acids is 1. The Hall–Kier alpha value is -1.43. The minimum Gasteiger partial charge on any atom is -0.481 e. The number of nitro groups is 1. The molecule has 0 aliphatic heterocycles. The van der Waals surface area contributed by atoms with Crippen LogP contribution < -0.4 is 0 Å². The summed E-state index contributed by atoms with van der Waals surface area (Å²) >= 11 is 3.18. The maximum absolute atomic E-state index is 10.6. The van der Waals surface area contributed by atoms with E-state index in [1.54, 1.807) is 12.1 Å². The van der Waals surface area contributed by atoms with Crippen LogP contribution >= 0.6 is 15.9 Å². The first-order valence-corrected chi connectivity index (χ1v) is 4.94. The Labute approximate surface area is 94.0 Å². The van der Waals surface area contributed by atoms with Crippen LogP contribution in [0.3, 0.4) is 0 Å². The van der Waals surface area contributed by atoms with Crippen molar-refractivity contribution in [1.82, 2.24) is 0 Å². The van der Waals surface area contributed by atoms with Crippen LogP contribution in [0.2, 0.25) is 0 Å². The SMILES string of the molecule is O=C(O)CCc1cc(Br)ccc1[N+](=O)[O-]. The van der Waals surface area contributed by atoms with Gasteiger partial charge in [0.25, 0.3) is 5.69 Å². The van der Waals surface area contributed by atoms with Crippen molar-refractivity contribution in [3.8, 4) is 0 Å². The average Bonchev–Trinajstić information content (AvgIpc) is 2.14. The molecule has 0 amide bonds. The highest BCUT2D eigenvalue weighted by molar-refractivity contribution is 9.10. The highest BCUT2D eigenvalue weighted by Crippen LogP contribution is 2.24.